The first kappa shape index (κ1) is 13.9. The van der Waals surface area contributed by atoms with E-state index in [-0.39, 0.29) is 18.0 Å². The van der Waals surface area contributed by atoms with E-state index in [1.54, 1.807) is 6.92 Å². The van der Waals surface area contributed by atoms with Crippen molar-refractivity contribution < 1.29 is 28.7 Å². The Morgan fingerprint density at radius 1 is 1.25 bits per heavy atom. The summed E-state index contributed by atoms with van der Waals surface area (Å²) in [7, 11) is 0. The summed E-state index contributed by atoms with van der Waals surface area (Å²) in [4.78, 5) is 32.8. The number of benzene rings is 1. The van der Waals surface area contributed by atoms with Crippen molar-refractivity contribution in [2.75, 3.05) is 6.61 Å². The molecule has 0 aromatic heterocycles. The Balaban J connectivity index is 1.90. The molecule has 0 spiro atoms. The number of hydrogen-bond donors (Lipinski definition) is 0. The Morgan fingerprint density at radius 2 is 1.85 bits per heavy atom. The first-order valence-corrected chi connectivity index (χ1v) is 5.81. The zero-order valence-electron chi connectivity index (χ0n) is 10.5. The van der Waals surface area contributed by atoms with E-state index in [4.69, 9.17) is 14.2 Å². The van der Waals surface area contributed by atoms with Gasteiger partial charge in [0.15, 0.2) is 12.2 Å². The minimum Gasteiger partial charge on any atom is -0.464 e. The minimum atomic E-state index is -0.982. The zero-order valence-corrected chi connectivity index (χ0v) is 10.5. The summed E-state index contributed by atoms with van der Waals surface area (Å²) in [6, 6.07) is 4.99. The average molecular weight is 281 g/mol. The second-order valence-corrected chi connectivity index (χ2v) is 3.90. The molecule has 0 aliphatic carbocycles. The predicted octanol–water partition coefficient (Wildman–Crippen LogP) is 0.831. The van der Waals surface area contributed by atoms with Crippen LogP contribution in [0.4, 0.5) is 5.69 Å². The molecule has 106 valence electrons. The summed E-state index contributed by atoms with van der Waals surface area (Å²) in [5.74, 6) is -1.21. The lowest BCUT2D eigenvalue weighted by molar-refractivity contribution is -0.384. The van der Waals surface area contributed by atoms with Crippen LogP contribution in [0, 0.1) is 10.1 Å². The van der Waals surface area contributed by atoms with Crippen LogP contribution in [0.1, 0.15) is 6.92 Å². The third kappa shape index (κ3) is 3.09. The maximum Gasteiger partial charge on any atom is 0.344 e. The van der Waals surface area contributed by atoms with Gasteiger partial charge in [-0.05, 0) is 19.1 Å². The number of carbonyl (C=O) groups excluding carboxylic acids is 2. The lowest BCUT2D eigenvalue weighted by Crippen LogP contribution is -2.22. The molecule has 0 bridgehead atoms. The number of nitro groups is 1. The molecule has 0 amide bonds. The van der Waals surface area contributed by atoms with Crippen molar-refractivity contribution in [2.24, 2.45) is 0 Å². The molecule has 2 rings (SSSR count). The highest BCUT2D eigenvalue weighted by Crippen LogP contribution is 2.26. The van der Waals surface area contributed by atoms with Gasteiger partial charge in [0.05, 0.1) is 11.5 Å². The van der Waals surface area contributed by atoms with Crippen LogP contribution in [0.5, 0.6) is 5.75 Å². The lowest BCUT2D eigenvalue weighted by Gasteiger charge is -2.01. The van der Waals surface area contributed by atoms with Crippen LogP contribution in [0.2, 0.25) is 0 Å². The van der Waals surface area contributed by atoms with Crippen LogP contribution in [0.15, 0.2) is 24.3 Å². The van der Waals surface area contributed by atoms with Crippen molar-refractivity contribution in [3.05, 3.63) is 34.4 Å². The normalized spacial score (nSPS) is 20.1. The second kappa shape index (κ2) is 5.66. The first-order valence-electron chi connectivity index (χ1n) is 5.81. The molecule has 1 aliphatic heterocycles. The number of non-ortho nitro benzene ring substituents is 1. The summed E-state index contributed by atoms with van der Waals surface area (Å²) in [6.07, 6.45) is -1.91. The van der Waals surface area contributed by atoms with E-state index in [9.17, 15) is 19.7 Å². The van der Waals surface area contributed by atoms with Gasteiger partial charge in [0.1, 0.15) is 5.75 Å². The smallest absolute Gasteiger partial charge is 0.344 e. The molecular weight excluding hydrogens is 270 g/mol. The van der Waals surface area contributed by atoms with Crippen molar-refractivity contribution in [1.29, 1.82) is 0 Å². The molecule has 1 saturated heterocycles. The van der Waals surface area contributed by atoms with Crippen LogP contribution in [0.3, 0.4) is 0 Å². The van der Waals surface area contributed by atoms with E-state index in [0.29, 0.717) is 0 Å². The van der Waals surface area contributed by atoms with Gasteiger partial charge in [0.25, 0.3) is 5.69 Å². The zero-order chi connectivity index (χ0) is 14.7. The summed E-state index contributed by atoms with van der Waals surface area (Å²) in [5, 5.41) is 10.5. The molecule has 1 heterocycles. The maximum atomic E-state index is 11.6. The van der Waals surface area contributed by atoms with Gasteiger partial charge < -0.3 is 14.2 Å². The van der Waals surface area contributed by atoms with Crippen LogP contribution >= 0.6 is 0 Å². The molecule has 1 aliphatic rings. The third-order valence-electron chi connectivity index (χ3n) is 2.51. The number of ether oxygens (including phenoxy) is 3. The Kier molecular flexibility index (Phi) is 3.94. The van der Waals surface area contributed by atoms with E-state index in [2.05, 4.69) is 0 Å². The summed E-state index contributed by atoms with van der Waals surface area (Å²) >= 11 is 0. The van der Waals surface area contributed by atoms with Crippen LogP contribution in [0.25, 0.3) is 0 Å². The highest BCUT2D eigenvalue weighted by atomic mass is 16.7. The highest BCUT2D eigenvalue weighted by Gasteiger charge is 2.53. The van der Waals surface area contributed by atoms with Crippen LogP contribution < -0.4 is 4.74 Å². The van der Waals surface area contributed by atoms with E-state index in [0.717, 1.165) is 0 Å². The Morgan fingerprint density at radius 3 is 2.40 bits per heavy atom. The van der Waals surface area contributed by atoms with E-state index in [1.165, 1.54) is 24.3 Å². The molecule has 2 atom stereocenters. The molecule has 1 fully saturated rings. The number of hydrogen-bond acceptors (Lipinski definition) is 7. The fourth-order valence-corrected chi connectivity index (χ4v) is 1.51. The average Bonchev–Trinajstić information content (AvgIpc) is 3.20. The molecule has 0 saturated carbocycles. The standard InChI is InChI=1S/C12H11NO7/c1-2-18-11(14)9-10(20-9)12(15)19-8-5-3-7(4-6-8)13(16)17/h3-6,9-10H,2H2,1H3/t9-,10-/m0/s1. The van der Waals surface area contributed by atoms with Gasteiger partial charge in [-0.15, -0.1) is 0 Å². The van der Waals surface area contributed by atoms with Crippen LogP contribution in [-0.4, -0.2) is 35.7 Å². The fourth-order valence-electron chi connectivity index (χ4n) is 1.51. The van der Waals surface area contributed by atoms with Gasteiger partial charge in [-0.3, -0.25) is 10.1 Å². The van der Waals surface area contributed by atoms with Gasteiger partial charge in [0, 0.05) is 12.1 Å². The molecule has 20 heavy (non-hydrogen) atoms. The number of esters is 2. The number of nitro benzene ring substituents is 1. The summed E-state index contributed by atoms with van der Waals surface area (Å²) in [6.45, 7) is 1.84. The van der Waals surface area contributed by atoms with E-state index >= 15 is 0 Å². The van der Waals surface area contributed by atoms with Crippen molar-refractivity contribution >= 4 is 17.6 Å². The quantitative estimate of drug-likeness (QED) is 0.258. The van der Waals surface area contributed by atoms with Crippen molar-refractivity contribution in [1.82, 2.24) is 0 Å². The Hall–Kier alpha value is -2.48. The van der Waals surface area contributed by atoms with Crippen molar-refractivity contribution in [2.45, 2.75) is 19.1 Å². The van der Waals surface area contributed by atoms with Gasteiger partial charge in [0.2, 0.25) is 0 Å². The number of rotatable bonds is 5. The molecule has 8 nitrogen and oxygen atoms in total. The Labute approximate surface area is 113 Å². The van der Waals surface area contributed by atoms with Gasteiger partial charge in [-0.1, -0.05) is 0 Å². The third-order valence-corrected chi connectivity index (χ3v) is 2.51. The highest BCUT2D eigenvalue weighted by molar-refractivity contribution is 5.90. The van der Waals surface area contributed by atoms with Gasteiger partial charge >= 0.3 is 11.9 Å². The lowest BCUT2D eigenvalue weighted by atomic mass is 10.3. The summed E-state index contributed by atoms with van der Waals surface area (Å²) in [5.41, 5.74) is -0.114. The van der Waals surface area contributed by atoms with Gasteiger partial charge in [-0.25, -0.2) is 9.59 Å². The molecule has 0 radical (unpaired) electrons. The fraction of sp³-hybridized carbons (Fsp3) is 0.333. The molecule has 8 heteroatoms. The number of carbonyl (C=O) groups is 2. The van der Waals surface area contributed by atoms with E-state index < -0.39 is 29.1 Å². The number of epoxide rings is 1. The largest absolute Gasteiger partial charge is 0.464 e. The second-order valence-electron chi connectivity index (χ2n) is 3.90. The van der Waals surface area contributed by atoms with E-state index in [1.807, 2.05) is 0 Å². The van der Waals surface area contributed by atoms with Gasteiger partial charge in [-0.2, -0.15) is 0 Å². The van der Waals surface area contributed by atoms with Crippen LogP contribution in [-0.2, 0) is 19.1 Å². The SMILES string of the molecule is CCOC(=O)[C@H]1O[C@@H]1C(=O)Oc1ccc([N+](=O)[O-])cc1. The molecular formula is C12H11NO7. The molecule has 0 N–H and O–H groups in total. The monoisotopic (exact) mass is 281 g/mol. The molecule has 1 aromatic carbocycles. The first-order chi connectivity index (χ1) is 9.52. The minimum absolute atomic E-state index is 0.114. The molecule has 1 aromatic rings. The van der Waals surface area contributed by atoms with Crippen molar-refractivity contribution in [3.8, 4) is 5.75 Å². The molecule has 0 unspecified atom stereocenters. The maximum absolute atomic E-state index is 11.6. The topological polar surface area (TPSA) is 108 Å². The number of nitrogens with zero attached hydrogens (tertiary/aromatic N) is 1. The summed E-state index contributed by atoms with van der Waals surface area (Å²) < 4.78 is 14.5. The van der Waals surface area contributed by atoms with Crippen molar-refractivity contribution in [3.63, 3.8) is 0 Å². The Bertz CT molecular complexity index is 539. The predicted molar refractivity (Wildman–Crippen MR) is 64.0 cm³/mol.